The number of amides is 1. The van der Waals surface area contributed by atoms with Gasteiger partial charge >= 0.3 is 0 Å². The molecule has 0 N–H and O–H groups in total. The predicted molar refractivity (Wildman–Crippen MR) is 160 cm³/mol. The molecule has 0 spiro atoms. The van der Waals surface area contributed by atoms with Gasteiger partial charge in [-0.2, -0.15) is 0 Å². The molecule has 206 valence electrons. The van der Waals surface area contributed by atoms with Crippen molar-refractivity contribution < 1.29 is 4.79 Å². The summed E-state index contributed by atoms with van der Waals surface area (Å²) < 4.78 is 0. The van der Waals surface area contributed by atoms with Gasteiger partial charge in [0.15, 0.2) is 0 Å². The van der Waals surface area contributed by atoms with Gasteiger partial charge in [0.05, 0.1) is 12.6 Å². The van der Waals surface area contributed by atoms with Gasteiger partial charge < -0.3 is 9.80 Å². The summed E-state index contributed by atoms with van der Waals surface area (Å²) in [7, 11) is 4.31. The Labute approximate surface area is 235 Å². The number of piperidine rings is 1. The van der Waals surface area contributed by atoms with Crippen LogP contribution in [-0.2, 0) is 10.3 Å². The van der Waals surface area contributed by atoms with Crippen molar-refractivity contribution in [3.8, 4) is 0 Å². The summed E-state index contributed by atoms with van der Waals surface area (Å²) in [6.07, 6.45) is 2.43. The van der Waals surface area contributed by atoms with Gasteiger partial charge in [-0.3, -0.25) is 14.6 Å². The average Bonchev–Trinajstić information content (AvgIpc) is 2.99. The molecule has 1 unspecified atom stereocenters. The van der Waals surface area contributed by atoms with Crippen LogP contribution in [0.5, 0.6) is 0 Å². The van der Waals surface area contributed by atoms with Crippen LogP contribution in [0, 0.1) is 5.92 Å². The normalized spacial score (nSPS) is 19.4. The molecule has 0 saturated carbocycles. The molecule has 1 amide bonds. The van der Waals surface area contributed by atoms with E-state index in [0.29, 0.717) is 12.5 Å². The first kappa shape index (κ1) is 27.6. The Kier molecular flexibility index (Phi) is 8.81. The molecule has 2 aliphatic heterocycles. The Balaban J connectivity index is 1.27. The van der Waals surface area contributed by atoms with E-state index in [0.717, 1.165) is 39.3 Å². The third-order valence-electron chi connectivity index (χ3n) is 9.22. The lowest BCUT2D eigenvalue weighted by molar-refractivity contribution is -0.136. The molecular weight excluding hydrogens is 480 g/mol. The quantitative estimate of drug-likeness (QED) is 0.410. The second kappa shape index (κ2) is 12.5. The fourth-order valence-corrected chi connectivity index (χ4v) is 6.82. The van der Waals surface area contributed by atoms with Gasteiger partial charge in [-0.1, -0.05) is 91.0 Å². The Morgan fingerprint density at radius 1 is 0.795 bits per heavy atom. The van der Waals surface area contributed by atoms with Crippen molar-refractivity contribution in [3.05, 3.63) is 108 Å². The third kappa shape index (κ3) is 6.11. The Morgan fingerprint density at radius 2 is 1.28 bits per heavy atom. The maximum Gasteiger partial charge on any atom is 0.236 e. The van der Waals surface area contributed by atoms with Crippen molar-refractivity contribution in [3.63, 3.8) is 0 Å². The van der Waals surface area contributed by atoms with E-state index >= 15 is 0 Å². The van der Waals surface area contributed by atoms with E-state index in [1.54, 1.807) is 0 Å². The monoisotopic (exact) mass is 524 g/mol. The van der Waals surface area contributed by atoms with Crippen LogP contribution >= 0.6 is 0 Å². The number of rotatable bonds is 8. The summed E-state index contributed by atoms with van der Waals surface area (Å²) in [5, 5.41) is 0. The molecule has 5 nitrogen and oxygen atoms in total. The molecule has 0 aromatic heterocycles. The summed E-state index contributed by atoms with van der Waals surface area (Å²) in [5.74, 6) is 0.830. The summed E-state index contributed by atoms with van der Waals surface area (Å²) >= 11 is 0. The van der Waals surface area contributed by atoms with Crippen LogP contribution < -0.4 is 0 Å². The Hall–Kier alpha value is -2.99. The zero-order chi connectivity index (χ0) is 27.2. The largest absolute Gasteiger partial charge is 0.339 e. The standard InChI is InChI=1S/C34H44N4O/c1-34(30-17-11-6-12-18-30,31-19-21-35(2)22-20-31)38-25-23-37(24-26-38)32(39)27-36(3)33(28-13-7-4-8-14-28)29-15-9-5-10-16-29/h4-18,31,33H,19-27H2,1-3H3. The second-order valence-electron chi connectivity index (χ2n) is 11.6. The maximum absolute atomic E-state index is 13.6. The van der Waals surface area contributed by atoms with E-state index in [1.807, 2.05) is 12.1 Å². The number of likely N-dealkylation sites (N-methyl/N-ethyl adjacent to an activating group) is 1. The molecule has 0 radical (unpaired) electrons. The molecule has 5 rings (SSSR count). The highest BCUT2D eigenvalue weighted by Crippen LogP contribution is 2.41. The van der Waals surface area contributed by atoms with Crippen molar-refractivity contribution in [1.29, 1.82) is 0 Å². The highest BCUT2D eigenvalue weighted by Gasteiger charge is 2.43. The van der Waals surface area contributed by atoms with Gasteiger partial charge in [0.1, 0.15) is 0 Å². The van der Waals surface area contributed by atoms with Crippen LogP contribution in [0.15, 0.2) is 91.0 Å². The minimum atomic E-state index is -0.0137. The van der Waals surface area contributed by atoms with Crippen LogP contribution in [0.2, 0.25) is 0 Å². The zero-order valence-corrected chi connectivity index (χ0v) is 23.9. The third-order valence-corrected chi connectivity index (χ3v) is 9.22. The van der Waals surface area contributed by atoms with E-state index in [1.165, 1.54) is 29.5 Å². The average molecular weight is 525 g/mol. The van der Waals surface area contributed by atoms with E-state index < -0.39 is 0 Å². The van der Waals surface area contributed by atoms with Gasteiger partial charge in [-0.15, -0.1) is 0 Å². The lowest BCUT2D eigenvalue weighted by Gasteiger charge is -2.52. The van der Waals surface area contributed by atoms with Gasteiger partial charge in [-0.05, 0) is 69.6 Å². The van der Waals surface area contributed by atoms with Crippen molar-refractivity contribution in [2.24, 2.45) is 5.92 Å². The Bertz CT molecular complexity index is 1130. The first-order valence-electron chi connectivity index (χ1n) is 14.5. The number of hydrogen-bond donors (Lipinski definition) is 0. The molecule has 2 fully saturated rings. The number of nitrogens with zero attached hydrogens (tertiary/aromatic N) is 4. The summed E-state index contributed by atoms with van der Waals surface area (Å²) in [6, 6.07) is 32.2. The number of likely N-dealkylation sites (tertiary alicyclic amines) is 1. The molecule has 2 heterocycles. The number of hydrogen-bond acceptors (Lipinski definition) is 4. The van der Waals surface area contributed by atoms with Crippen molar-refractivity contribution >= 4 is 5.91 Å². The number of carbonyl (C=O) groups excluding carboxylic acids is 1. The first-order chi connectivity index (χ1) is 19.0. The van der Waals surface area contributed by atoms with Crippen molar-refractivity contribution in [1.82, 2.24) is 19.6 Å². The molecule has 2 saturated heterocycles. The minimum absolute atomic E-state index is 0.0137. The number of carbonyl (C=O) groups is 1. The predicted octanol–water partition coefficient (Wildman–Crippen LogP) is 5.11. The van der Waals surface area contributed by atoms with Gasteiger partial charge in [0, 0.05) is 31.7 Å². The molecule has 1 atom stereocenters. The van der Waals surface area contributed by atoms with Gasteiger partial charge in [0.2, 0.25) is 5.91 Å². The second-order valence-corrected chi connectivity index (χ2v) is 11.6. The molecule has 5 heteroatoms. The number of benzene rings is 3. The van der Waals surface area contributed by atoms with E-state index in [2.05, 4.69) is 119 Å². The molecular formula is C34H44N4O. The Morgan fingerprint density at radius 3 is 1.79 bits per heavy atom. The van der Waals surface area contributed by atoms with Crippen LogP contribution in [0.25, 0.3) is 0 Å². The molecule has 3 aromatic carbocycles. The highest BCUT2D eigenvalue weighted by atomic mass is 16.2. The molecule has 2 aliphatic rings. The topological polar surface area (TPSA) is 30.0 Å². The van der Waals surface area contributed by atoms with Crippen LogP contribution in [-0.4, -0.2) is 85.4 Å². The summed E-state index contributed by atoms with van der Waals surface area (Å²) in [4.78, 5) is 23.0. The van der Waals surface area contributed by atoms with Gasteiger partial charge in [0.25, 0.3) is 0 Å². The van der Waals surface area contributed by atoms with Crippen molar-refractivity contribution in [2.75, 3.05) is 59.9 Å². The SMILES string of the molecule is CN1CCC(C(C)(c2ccccc2)N2CCN(C(=O)CN(C)C(c3ccccc3)c3ccccc3)CC2)CC1. The lowest BCUT2D eigenvalue weighted by atomic mass is 9.73. The number of piperazine rings is 1. The summed E-state index contributed by atoms with van der Waals surface area (Å²) in [5.41, 5.74) is 3.81. The molecule has 0 bridgehead atoms. The first-order valence-corrected chi connectivity index (χ1v) is 14.5. The smallest absolute Gasteiger partial charge is 0.236 e. The fourth-order valence-electron chi connectivity index (χ4n) is 6.82. The van der Waals surface area contributed by atoms with Crippen LogP contribution in [0.4, 0.5) is 0 Å². The molecule has 39 heavy (non-hydrogen) atoms. The molecule has 0 aliphatic carbocycles. The van der Waals surface area contributed by atoms with E-state index in [4.69, 9.17) is 0 Å². The van der Waals surface area contributed by atoms with Crippen LogP contribution in [0.3, 0.4) is 0 Å². The fraction of sp³-hybridized carbons (Fsp3) is 0.441. The highest BCUT2D eigenvalue weighted by molar-refractivity contribution is 5.78. The van der Waals surface area contributed by atoms with Gasteiger partial charge in [-0.25, -0.2) is 0 Å². The summed E-state index contributed by atoms with van der Waals surface area (Å²) in [6.45, 7) is 8.55. The maximum atomic E-state index is 13.6. The van der Waals surface area contributed by atoms with E-state index in [9.17, 15) is 4.79 Å². The minimum Gasteiger partial charge on any atom is -0.339 e. The van der Waals surface area contributed by atoms with E-state index in [-0.39, 0.29) is 17.5 Å². The zero-order valence-electron chi connectivity index (χ0n) is 23.9. The lowest BCUT2D eigenvalue weighted by Crippen LogP contribution is -2.59. The van der Waals surface area contributed by atoms with Crippen LogP contribution in [0.1, 0.15) is 42.5 Å². The molecule has 3 aromatic rings. The van der Waals surface area contributed by atoms with Crippen molar-refractivity contribution in [2.45, 2.75) is 31.3 Å².